The topological polar surface area (TPSA) is 46.2 Å². The summed E-state index contributed by atoms with van der Waals surface area (Å²) < 4.78 is 50.9. The van der Waals surface area contributed by atoms with Crippen LogP contribution >= 0.6 is 0 Å². The van der Waals surface area contributed by atoms with Crippen molar-refractivity contribution in [3.8, 4) is 0 Å². The molecule has 0 saturated carbocycles. The third-order valence-electron chi connectivity index (χ3n) is 2.91. The second-order valence-corrected chi connectivity index (χ2v) is 7.38. The van der Waals surface area contributed by atoms with Gasteiger partial charge in [0.25, 0.3) is 0 Å². The lowest BCUT2D eigenvalue weighted by atomic mass is 10.0. The van der Waals surface area contributed by atoms with Crippen LogP contribution in [0.1, 0.15) is 25.5 Å². The van der Waals surface area contributed by atoms with Crippen molar-refractivity contribution in [2.75, 3.05) is 11.5 Å². The van der Waals surface area contributed by atoms with E-state index >= 15 is 0 Å². The lowest BCUT2D eigenvalue weighted by Crippen LogP contribution is -2.54. The first kappa shape index (κ1) is 13.4. The van der Waals surface area contributed by atoms with Gasteiger partial charge in [-0.3, -0.25) is 0 Å². The molecule has 2 rings (SSSR count). The Kier molecular flexibility index (Phi) is 3.19. The van der Waals surface area contributed by atoms with Crippen LogP contribution < -0.4 is 5.32 Å². The molecule has 0 aliphatic carbocycles. The molecule has 18 heavy (non-hydrogen) atoms. The molecule has 1 aromatic rings. The molecule has 1 fully saturated rings. The fraction of sp³-hybridized carbons (Fsp3) is 0.500. The molecule has 1 N–H and O–H groups in total. The molecular formula is C12H15F2NO2S. The fourth-order valence-electron chi connectivity index (χ4n) is 2.42. The molecule has 1 heterocycles. The van der Waals surface area contributed by atoms with E-state index < -0.39 is 33.1 Å². The van der Waals surface area contributed by atoms with Gasteiger partial charge in [0.15, 0.2) is 9.84 Å². The summed E-state index contributed by atoms with van der Waals surface area (Å²) >= 11 is 0. The third-order valence-corrected chi connectivity index (χ3v) is 4.92. The molecule has 1 saturated heterocycles. The van der Waals surface area contributed by atoms with Gasteiger partial charge in [0, 0.05) is 11.1 Å². The molecule has 1 aliphatic heterocycles. The second-order valence-electron chi connectivity index (χ2n) is 5.27. The van der Waals surface area contributed by atoms with Crippen LogP contribution in [0.25, 0.3) is 0 Å². The summed E-state index contributed by atoms with van der Waals surface area (Å²) in [6.07, 6.45) is 0. The Bertz CT molecular complexity index is 549. The van der Waals surface area contributed by atoms with Gasteiger partial charge < -0.3 is 5.32 Å². The van der Waals surface area contributed by atoms with Crippen molar-refractivity contribution in [2.45, 2.75) is 25.4 Å². The van der Waals surface area contributed by atoms with Crippen LogP contribution in [-0.4, -0.2) is 25.5 Å². The van der Waals surface area contributed by atoms with Gasteiger partial charge >= 0.3 is 0 Å². The summed E-state index contributed by atoms with van der Waals surface area (Å²) in [6, 6.07) is 2.68. The van der Waals surface area contributed by atoms with Gasteiger partial charge in [0.1, 0.15) is 11.6 Å². The van der Waals surface area contributed by atoms with Crippen molar-refractivity contribution >= 4 is 9.84 Å². The molecule has 0 spiro atoms. The van der Waals surface area contributed by atoms with Crippen molar-refractivity contribution in [3.05, 3.63) is 35.4 Å². The molecule has 1 aliphatic rings. The number of hydrogen-bond donors (Lipinski definition) is 1. The van der Waals surface area contributed by atoms with Gasteiger partial charge in [-0.15, -0.1) is 0 Å². The number of benzene rings is 1. The van der Waals surface area contributed by atoms with E-state index in [1.54, 1.807) is 13.8 Å². The van der Waals surface area contributed by atoms with E-state index in [0.717, 1.165) is 12.1 Å². The highest BCUT2D eigenvalue weighted by molar-refractivity contribution is 7.91. The molecule has 3 nitrogen and oxygen atoms in total. The molecule has 1 atom stereocenters. The Hall–Kier alpha value is -1.01. The average molecular weight is 275 g/mol. The smallest absolute Gasteiger partial charge is 0.153 e. The maximum Gasteiger partial charge on any atom is 0.153 e. The van der Waals surface area contributed by atoms with E-state index in [-0.39, 0.29) is 17.1 Å². The molecule has 0 aromatic heterocycles. The molecule has 100 valence electrons. The van der Waals surface area contributed by atoms with E-state index in [1.165, 1.54) is 6.07 Å². The summed E-state index contributed by atoms with van der Waals surface area (Å²) in [4.78, 5) is 0. The van der Waals surface area contributed by atoms with Crippen LogP contribution in [-0.2, 0) is 9.84 Å². The van der Waals surface area contributed by atoms with Gasteiger partial charge in [0.2, 0.25) is 0 Å². The normalized spacial score (nSPS) is 25.9. The van der Waals surface area contributed by atoms with Crippen LogP contribution in [0.4, 0.5) is 8.78 Å². The Morgan fingerprint density at radius 2 is 1.83 bits per heavy atom. The van der Waals surface area contributed by atoms with E-state index in [0.29, 0.717) is 0 Å². The maximum absolute atomic E-state index is 13.7. The van der Waals surface area contributed by atoms with E-state index in [9.17, 15) is 17.2 Å². The summed E-state index contributed by atoms with van der Waals surface area (Å²) in [5, 5.41) is 2.99. The zero-order valence-corrected chi connectivity index (χ0v) is 11.0. The largest absolute Gasteiger partial charge is 0.303 e. The minimum atomic E-state index is -3.32. The predicted octanol–water partition coefficient (Wildman–Crippen LogP) is 1.80. The standard InChI is InChI=1S/C12H15F2NO2S/c1-12(2)7-18(16,17)6-10(15-12)11-8(13)4-3-5-9(11)14/h3-5,10,15H,6-7H2,1-2H3. The lowest BCUT2D eigenvalue weighted by molar-refractivity contribution is 0.347. The fourth-order valence-corrected chi connectivity index (χ4v) is 4.48. The monoisotopic (exact) mass is 275 g/mol. The number of halogens is 2. The number of nitrogens with one attached hydrogen (secondary N) is 1. The minimum Gasteiger partial charge on any atom is -0.303 e. The van der Waals surface area contributed by atoms with Crippen molar-refractivity contribution in [3.63, 3.8) is 0 Å². The first-order chi connectivity index (χ1) is 8.20. The van der Waals surface area contributed by atoms with Gasteiger partial charge in [-0.25, -0.2) is 17.2 Å². The number of rotatable bonds is 1. The van der Waals surface area contributed by atoms with Crippen LogP contribution in [0.3, 0.4) is 0 Å². The molecule has 0 radical (unpaired) electrons. The van der Waals surface area contributed by atoms with Crippen LogP contribution in [0.15, 0.2) is 18.2 Å². The van der Waals surface area contributed by atoms with Crippen molar-refractivity contribution in [1.29, 1.82) is 0 Å². The summed E-state index contributed by atoms with van der Waals surface area (Å²) in [5.41, 5.74) is -0.898. The maximum atomic E-state index is 13.7. The Labute approximate surface area is 105 Å². The summed E-state index contributed by atoms with van der Waals surface area (Å²) in [7, 11) is -3.32. The highest BCUT2D eigenvalue weighted by Gasteiger charge is 2.38. The molecule has 1 unspecified atom stereocenters. The zero-order chi connectivity index (χ0) is 13.6. The van der Waals surface area contributed by atoms with Crippen LogP contribution in [0.5, 0.6) is 0 Å². The van der Waals surface area contributed by atoms with Crippen molar-refractivity contribution in [2.24, 2.45) is 0 Å². The Balaban J connectivity index is 2.45. The van der Waals surface area contributed by atoms with Gasteiger partial charge in [-0.2, -0.15) is 0 Å². The van der Waals surface area contributed by atoms with Crippen molar-refractivity contribution < 1.29 is 17.2 Å². The molecular weight excluding hydrogens is 260 g/mol. The first-order valence-electron chi connectivity index (χ1n) is 5.62. The van der Waals surface area contributed by atoms with E-state index in [1.807, 2.05) is 0 Å². The lowest BCUT2D eigenvalue weighted by Gasteiger charge is -2.37. The van der Waals surface area contributed by atoms with Crippen LogP contribution in [0, 0.1) is 11.6 Å². The molecule has 0 bridgehead atoms. The number of hydrogen-bond acceptors (Lipinski definition) is 3. The third kappa shape index (κ3) is 2.70. The van der Waals surface area contributed by atoms with Crippen LogP contribution in [0.2, 0.25) is 0 Å². The number of sulfone groups is 1. The Morgan fingerprint density at radius 1 is 1.28 bits per heavy atom. The van der Waals surface area contributed by atoms with E-state index in [4.69, 9.17) is 0 Å². The molecule has 1 aromatic carbocycles. The highest BCUT2D eigenvalue weighted by Crippen LogP contribution is 2.29. The zero-order valence-electron chi connectivity index (χ0n) is 10.2. The van der Waals surface area contributed by atoms with Gasteiger partial charge in [0.05, 0.1) is 17.5 Å². The van der Waals surface area contributed by atoms with Gasteiger partial charge in [-0.05, 0) is 26.0 Å². The SMILES string of the molecule is CC1(C)CS(=O)(=O)CC(c2c(F)cccc2F)N1. The summed E-state index contributed by atoms with van der Waals surface area (Å²) in [6.45, 7) is 3.41. The quantitative estimate of drug-likeness (QED) is 0.850. The van der Waals surface area contributed by atoms with Gasteiger partial charge in [-0.1, -0.05) is 6.07 Å². The van der Waals surface area contributed by atoms with E-state index in [2.05, 4.69) is 5.32 Å². The van der Waals surface area contributed by atoms with Crippen molar-refractivity contribution in [1.82, 2.24) is 5.32 Å². The summed E-state index contributed by atoms with van der Waals surface area (Å²) in [5.74, 6) is -1.76. The predicted molar refractivity (Wildman–Crippen MR) is 65.0 cm³/mol. The average Bonchev–Trinajstić information content (AvgIpc) is 2.11. The minimum absolute atomic E-state index is 0.0351. The first-order valence-corrected chi connectivity index (χ1v) is 7.44. The highest BCUT2D eigenvalue weighted by atomic mass is 32.2. The molecule has 6 heteroatoms. The second kappa shape index (κ2) is 4.28. The molecule has 0 amide bonds. The Morgan fingerprint density at radius 3 is 2.33 bits per heavy atom.